The molecule has 4 heteroatoms. The maximum Gasteiger partial charge on any atom is 0.304 e. The molecule has 36 heavy (non-hydrogen) atoms. The smallest absolute Gasteiger partial charge is 0.304 e. The average Bonchev–Trinajstić information content (AvgIpc) is 2.87. The van der Waals surface area contributed by atoms with E-state index >= 15 is 0 Å². The summed E-state index contributed by atoms with van der Waals surface area (Å²) in [6.07, 6.45) is 28.6. The summed E-state index contributed by atoms with van der Waals surface area (Å²) >= 11 is 0. The Balaban J connectivity index is 4.45. The molecule has 0 fully saturated rings. The van der Waals surface area contributed by atoms with Crippen LogP contribution in [-0.4, -0.2) is 60.1 Å². The molecule has 0 aromatic rings. The highest BCUT2D eigenvalue weighted by Crippen LogP contribution is 2.11. The van der Waals surface area contributed by atoms with Gasteiger partial charge in [-0.15, -0.1) is 0 Å². The standard InChI is InChI=1S/C32H66N2O2/c1-4-7-10-13-16-19-22-26-33(27-23-20-17-14-11-8-5-2)30-31-34(29-25-32(35)36)28-24-21-18-15-12-9-6-3/h4-31H2,1-3H3,(H,35,36). The van der Waals surface area contributed by atoms with Gasteiger partial charge in [0.15, 0.2) is 0 Å². The summed E-state index contributed by atoms with van der Waals surface area (Å²) in [4.78, 5) is 16.3. The van der Waals surface area contributed by atoms with Gasteiger partial charge in [0.1, 0.15) is 0 Å². The Morgan fingerprint density at radius 2 is 0.694 bits per heavy atom. The van der Waals surface area contributed by atoms with E-state index in [9.17, 15) is 9.90 Å². The van der Waals surface area contributed by atoms with Gasteiger partial charge in [0.05, 0.1) is 6.42 Å². The third-order valence-electron chi connectivity index (χ3n) is 7.61. The molecule has 0 aromatic heterocycles. The predicted octanol–water partition coefficient (Wildman–Crippen LogP) is 9.32. The highest BCUT2D eigenvalue weighted by Gasteiger charge is 2.11. The molecule has 0 aliphatic carbocycles. The van der Waals surface area contributed by atoms with Crippen LogP contribution in [0.15, 0.2) is 0 Å². The first-order valence-electron chi connectivity index (χ1n) is 16.3. The number of aliphatic carboxylic acids is 1. The lowest BCUT2D eigenvalue weighted by Gasteiger charge is -2.28. The van der Waals surface area contributed by atoms with E-state index in [1.54, 1.807) is 0 Å². The van der Waals surface area contributed by atoms with Crippen molar-refractivity contribution < 1.29 is 9.90 Å². The number of unbranched alkanes of at least 4 members (excludes halogenated alkanes) is 18. The van der Waals surface area contributed by atoms with Gasteiger partial charge in [0, 0.05) is 19.6 Å². The largest absolute Gasteiger partial charge is 0.481 e. The molecule has 0 heterocycles. The zero-order valence-electron chi connectivity index (χ0n) is 25.0. The van der Waals surface area contributed by atoms with Gasteiger partial charge in [-0.3, -0.25) is 4.79 Å². The number of carboxylic acids is 1. The molecule has 0 aliphatic heterocycles. The van der Waals surface area contributed by atoms with Crippen molar-refractivity contribution in [2.75, 3.05) is 39.3 Å². The van der Waals surface area contributed by atoms with Crippen LogP contribution >= 0.6 is 0 Å². The molecule has 4 nitrogen and oxygen atoms in total. The second-order valence-corrected chi connectivity index (χ2v) is 11.2. The average molecular weight is 511 g/mol. The molecule has 1 N–H and O–H groups in total. The molecule has 0 amide bonds. The Labute approximate surface area is 227 Å². The molecule has 0 unspecified atom stereocenters. The van der Waals surface area contributed by atoms with Gasteiger partial charge in [0.25, 0.3) is 0 Å². The molecule has 0 saturated carbocycles. The summed E-state index contributed by atoms with van der Waals surface area (Å²) < 4.78 is 0. The Morgan fingerprint density at radius 3 is 1.00 bits per heavy atom. The SMILES string of the molecule is CCCCCCCCCN(CCCCCCCCC)CCN(CCCCCCCCC)CCC(=O)O. The quantitative estimate of drug-likeness (QED) is 0.0977. The van der Waals surface area contributed by atoms with Crippen molar-refractivity contribution in [3.05, 3.63) is 0 Å². The van der Waals surface area contributed by atoms with Crippen molar-refractivity contribution in [2.24, 2.45) is 0 Å². The van der Waals surface area contributed by atoms with Gasteiger partial charge >= 0.3 is 5.97 Å². The lowest BCUT2D eigenvalue weighted by atomic mass is 10.1. The third kappa shape index (κ3) is 26.5. The molecule has 0 spiro atoms. The number of carbonyl (C=O) groups is 1. The van der Waals surface area contributed by atoms with Crippen molar-refractivity contribution in [3.8, 4) is 0 Å². The zero-order valence-corrected chi connectivity index (χ0v) is 25.0. The number of nitrogens with zero attached hydrogens (tertiary/aromatic N) is 2. The van der Waals surface area contributed by atoms with Gasteiger partial charge in [-0.25, -0.2) is 0 Å². The maximum atomic E-state index is 11.2. The minimum absolute atomic E-state index is 0.270. The monoisotopic (exact) mass is 511 g/mol. The fourth-order valence-corrected chi connectivity index (χ4v) is 5.08. The van der Waals surface area contributed by atoms with Crippen LogP contribution < -0.4 is 0 Å². The van der Waals surface area contributed by atoms with Crippen LogP contribution in [0.5, 0.6) is 0 Å². The number of hydrogen-bond acceptors (Lipinski definition) is 3. The van der Waals surface area contributed by atoms with Crippen LogP contribution in [0.4, 0.5) is 0 Å². The first-order valence-corrected chi connectivity index (χ1v) is 16.3. The molecular weight excluding hydrogens is 444 g/mol. The Morgan fingerprint density at radius 1 is 0.417 bits per heavy atom. The van der Waals surface area contributed by atoms with Crippen LogP contribution in [0.1, 0.15) is 162 Å². The second kappa shape index (κ2) is 29.0. The molecule has 0 atom stereocenters. The molecule has 0 aromatic carbocycles. The van der Waals surface area contributed by atoms with E-state index in [1.807, 2.05) is 0 Å². The van der Waals surface area contributed by atoms with Gasteiger partial charge in [0.2, 0.25) is 0 Å². The minimum Gasteiger partial charge on any atom is -0.481 e. The Bertz CT molecular complexity index is 426. The first-order chi connectivity index (χ1) is 17.6. The van der Waals surface area contributed by atoms with Gasteiger partial charge in [-0.2, -0.15) is 0 Å². The van der Waals surface area contributed by atoms with Crippen molar-refractivity contribution in [1.29, 1.82) is 0 Å². The highest BCUT2D eigenvalue weighted by atomic mass is 16.4. The van der Waals surface area contributed by atoms with E-state index in [4.69, 9.17) is 0 Å². The van der Waals surface area contributed by atoms with E-state index < -0.39 is 5.97 Å². The number of rotatable bonds is 30. The summed E-state index contributed by atoms with van der Waals surface area (Å²) in [6, 6.07) is 0. The molecule has 0 rings (SSSR count). The van der Waals surface area contributed by atoms with E-state index in [0.717, 1.165) is 19.6 Å². The van der Waals surface area contributed by atoms with Crippen molar-refractivity contribution >= 4 is 5.97 Å². The summed E-state index contributed by atoms with van der Waals surface area (Å²) in [7, 11) is 0. The fourth-order valence-electron chi connectivity index (χ4n) is 5.08. The lowest BCUT2D eigenvalue weighted by molar-refractivity contribution is -0.137. The van der Waals surface area contributed by atoms with Crippen LogP contribution in [0.2, 0.25) is 0 Å². The molecular formula is C32H66N2O2. The lowest BCUT2D eigenvalue weighted by Crippen LogP contribution is -2.37. The summed E-state index contributed by atoms with van der Waals surface area (Å²) in [6.45, 7) is 13.2. The van der Waals surface area contributed by atoms with Crippen LogP contribution in [0, 0.1) is 0 Å². The van der Waals surface area contributed by atoms with E-state index in [1.165, 1.54) is 148 Å². The van der Waals surface area contributed by atoms with E-state index in [-0.39, 0.29) is 6.42 Å². The summed E-state index contributed by atoms with van der Waals surface area (Å²) in [5.74, 6) is -0.664. The summed E-state index contributed by atoms with van der Waals surface area (Å²) in [5, 5.41) is 9.24. The second-order valence-electron chi connectivity index (χ2n) is 11.2. The van der Waals surface area contributed by atoms with Gasteiger partial charge in [-0.05, 0) is 38.9 Å². The maximum absolute atomic E-state index is 11.2. The molecule has 0 bridgehead atoms. The van der Waals surface area contributed by atoms with Crippen LogP contribution in [0.3, 0.4) is 0 Å². The fraction of sp³-hybridized carbons (Fsp3) is 0.969. The van der Waals surface area contributed by atoms with Crippen LogP contribution in [0.25, 0.3) is 0 Å². The summed E-state index contributed by atoms with van der Waals surface area (Å²) in [5.41, 5.74) is 0. The van der Waals surface area contributed by atoms with E-state index in [0.29, 0.717) is 6.54 Å². The minimum atomic E-state index is -0.664. The first kappa shape index (κ1) is 35.4. The van der Waals surface area contributed by atoms with Gasteiger partial charge < -0.3 is 14.9 Å². The van der Waals surface area contributed by atoms with Crippen LogP contribution in [-0.2, 0) is 4.79 Å². The highest BCUT2D eigenvalue weighted by molar-refractivity contribution is 5.66. The topological polar surface area (TPSA) is 43.8 Å². The number of carboxylic acid groups (broad SMARTS) is 1. The molecule has 0 saturated heterocycles. The number of hydrogen-bond donors (Lipinski definition) is 1. The molecule has 0 radical (unpaired) electrons. The molecule has 0 aliphatic rings. The zero-order chi connectivity index (χ0) is 26.5. The Kier molecular flexibility index (Phi) is 28.5. The normalized spacial score (nSPS) is 11.7. The van der Waals surface area contributed by atoms with Crippen molar-refractivity contribution in [3.63, 3.8) is 0 Å². The Hall–Kier alpha value is -0.610. The van der Waals surface area contributed by atoms with E-state index in [2.05, 4.69) is 30.6 Å². The third-order valence-corrected chi connectivity index (χ3v) is 7.61. The predicted molar refractivity (Wildman–Crippen MR) is 159 cm³/mol. The van der Waals surface area contributed by atoms with Crippen molar-refractivity contribution in [2.45, 2.75) is 162 Å². The van der Waals surface area contributed by atoms with Crippen molar-refractivity contribution in [1.82, 2.24) is 9.80 Å². The van der Waals surface area contributed by atoms with Gasteiger partial charge in [-0.1, -0.05) is 136 Å². The molecule has 216 valence electrons.